The SMILES string of the molecule is CC/C(C(=O)O)=C(\C(=O)O)C(CC)(CC)C(=O)O. The Hall–Kier alpha value is -1.85. The molecule has 0 bridgehead atoms. The number of hydrogen-bond donors (Lipinski definition) is 3. The number of carboxylic acids is 3. The maximum absolute atomic E-state index is 11.4. The minimum absolute atomic E-state index is 0.0250. The summed E-state index contributed by atoms with van der Waals surface area (Å²) in [6.45, 7) is 4.57. The van der Waals surface area contributed by atoms with Crippen molar-refractivity contribution in [2.24, 2.45) is 5.41 Å². The minimum Gasteiger partial charge on any atom is -0.481 e. The van der Waals surface area contributed by atoms with Gasteiger partial charge in [-0.2, -0.15) is 0 Å². The van der Waals surface area contributed by atoms with Crippen molar-refractivity contribution in [3.8, 4) is 0 Å². The highest BCUT2D eigenvalue weighted by Gasteiger charge is 2.44. The van der Waals surface area contributed by atoms with Crippen LogP contribution in [0.4, 0.5) is 0 Å². The lowest BCUT2D eigenvalue weighted by molar-refractivity contribution is -0.150. The summed E-state index contributed by atoms with van der Waals surface area (Å²) < 4.78 is 0. The minimum atomic E-state index is -1.66. The summed E-state index contributed by atoms with van der Waals surface area (Å²) in [4.78, 5) is 33.7. The predicted octanol–water partition coefficient (Wildman–Crippen LogP) is 1.75. The number of carboxylic acid groups (broad SMARTS) is 3. The molecule has 6 nitrogen and oxygen atoms in total. The van der Waals surface area contributed by atoms with E-state index in [1.165, 1.54) is 20.8 Å². The van der Waals surface area contributed by atoms with E-state index in [2.05, 4.69) is 0 Å². The molecule has 0 aromatic heterocycles. The molecule has 0 aromatic rings. The Morgan fingerprint density at radius 2 is 1.33 bits per heavy atom. The Labute approximate surface area is 105 Å². The fourth-order valence-corrected chi connectivity index (χ4v) is 2.07. The van der Waals surface area contributed by atoms with E-state index in [1.807, 2.05) is 0 Å². The Morgan fingerprint density at radius 1 is 0.889 bits per heavy atom. The van der Waals surface area contributed by atoms with Crippen LogP contribution < -0.4 is 0 Å². The first kappa shape index (κ1) is 16.1. The Morgan fingerprint density at radius 3 is 1.50 bits per heavy atom. The molecule has 0 unspecified atom stereocenters. The van der Waals surface area contributed by atoms with Gasteiger partial charge in [-0.05, 0) is 19.3 Å². The lowest BCUT2D eigenvalue weighted by Gasteiger charge is -2.28. The van der Waals surface area contributed by atoms with Crippen LogP contribution in [0.5, 0.6) is 0 Å². The summed E-state index contributed by atoms with van der Waals surface area (Å²) in [5.74, 6) is -4.18. The zero-order valence-electron chi connectivity index (χ0n) is 10.7. The van der Waals surface area contributed by atoms with Crippen molar-refractivity contribution in [3.05, 3.63) is 11.1 Å². The molecule has 18 heavy (non-hydrogen) atoms. The van der Waals surface area contributed by atoms with Gasteiger partial charge in [-0.1, -0.05) is 20.8 Å². The van der Waals surface area contributed by atoms with Crippen LogP contribution in [0.2, 0.25) is 0 Å². The van der Waals surface area contributed by atoms with Gasteiger partial charge in [0.25, 0.3) is 0 Å². The summed E-state index contributed by atoms with van der Waals surface area (Å²) in [6.07, 6.45) is 0.0144. The lowest BCUT2D eigenvalue weighted by Crippen LogP contribution is -2.37. The second kappa shape index (κ2) is 6.18. The molecule has 0 aliphatic rings. The molecule has 0 aromatic carbocycles. The summed E-state index contributed by atoms with van der Waals surface area (Å²) in [5, 5.41) is 27.5. The zero-order chi connectivity index (χ0) is 14.5. The van der Waals surface area contributed by atoms with E-state index in [0.717, 1.165) is 0 Å². The molecule has 0 saturated heterocycles. The molecular weight excluding hydrogens is 240 g/mol. The molecule has 0 radical (unpaired) electrons. The molecule has 0 rings (SSSR count). The smallest absolute Gasteiger partial charge is 0.333 e. The van der Waals surface area contributed by atoms with Crippen molar-refractivity contribution in [2.45, 2.75) is 40.0 Å². The summed E-state index contributed by atoms with van der Waals surface area (Å²) in [6, 6.07) is 0. The zero-order valence-corrected chi connectivity index (χ0v) is 10.7. The molecule has 0 amide bonds. The quantitative estimate of drug-likeness (QED) is 0.600. The Kier molecular flexibility index (Phi) is 5.55. The number of carbonyl (C=O) groups is 3. The highest BCUT2D eigenvalue weighted by Crippen LogP contribution is 2.38. The van der Waals surface area contributed by atoms with Crippen LogP contribution in [0, 0.1) is 5.41 Å². The fraction of sp³-hybridized carbons (Fsp3) is 0.583. The molecule has 6 heteroatoms. The average Bonchev–Trinajstić information content (AvgIpc) is 2.28. The molecule has 0 atom stereocenters. The number of hydrogen-bond acceptors (Lipinski definition) is 3. The van der Waals surface area contributed by atoms with Gasteiger partial charge in [-0.25, -0.2) is 9.59 Å². The van der Waals surface area contributed by atoms with Crippen LogP contribution >= 0.6 is 0 Å². The van der Waals surface area contributed by atoms with Gasteiger partial charge in [-0.3, -0.25) is 4.79 Å². The highest BCUT2D eigenvalue weighted by atomic mass is 16.4. The molecule has 0 spiro atoms. The van der Waals surface area contributed by atoms with Gasteiger partial charge in [0.15, 0.2) is 0 Å². The van der Waals surface area contributed by atoms with Crippen molar-refractivity contribution >= 4 is 17.9 Å². The van der Waals surface area contributed by atoms with Crippen LogP contribution in [0.15, 0.2) is 11.1 Å². The molecule has 0 aliphatic carbocycles. The van der Waals surface area contributed by atoms with E-state index in [9.17, 15) is 24.6 Å². The van der Waals surface area contributed by atoms with Crippen LogP contribution in [0.1, 0.15) is 40.0 Å². The maximum atomic E-state index is 11.4. The van der Waals surface area contributed by atoms with Crippen molar-refractivity contribution in [2.75, 3.05) is 0 Å². The normalized spacial score (nSPS) is 12.8. The topological polar surface area (TPSA) is 112 Å². The third-order valence-corrected chi connectivity index (χ3v) is 3.22. The Bertz CT molecular complexity index is 389. The largest absolute Gasteiger partial charge is 0.481 e. The van der Waals surface area contributed by atoms with Crippen molar-refractivity contribution in [3.63, 3.8) is 0 Å². The third kappa shape index (κ3) is 2.69. The fourth-order valence-electron chi connectivity index (χ4n) is 2.07. The van der Waals surface area contributed by atoms with Gasteiger partial charge in [-0.15, -0.1) is 0 Å². The average molecular weight is 258 g/mol. The van der Waals surface area contributed by atoms with Crippen molar-refractivity contribution < 1.29 is 29.7 Å². The molecule has 0 fully saturated rings. The summed E-state index contributed by atoms with van der Waals surface area (Å²) >= 11 is 0. The standard InChI is InChI=1S/C12H18O6/c1-4-7(9(13)14)8(10(15)16)12(5-2,6-3)11(17)18/h4-6H2,1-3H3,(H,13,14)(H,15,16)(H,17,18)/b8-7-. The highest BCUT2D eigenvalue weighted by molar-refractivity contribution is 6.04. The first-order valence-corrected chi connectivity index (χ1v) is 5.72. The molecule has 0 aliphatic heterocycles. The number of aliphatic carboxylic acids is 3. The van der Waals surface area contributed by atoms with Gasteiger partial charge in [0, 0.05) is 5.57 Å². The van der Waals surface area contributed by atoms with Crippen molar-refractivity contribution in [1.82, 2.24) is 0 Å². The summed E-state index contributed by atoms with van der Waals surface area (Å²) in [5.41, 5.74) is -2.53. The van der Waals surface area contributed by atoms with Gasteiger partial charge in [0.2, 0.25) is 0 Å². The van der Waals surface area contributed by atoms with E-state index >= 15 is 0 Å². The molecule has 102 valence electrons. The first-order valence-electron chi connectivity index (χ1n) is 5.72. The lowest BCUT2D eigenvalue weighted by atomic mass is 9.73. The number of rotatable bonds is 7. The van der Waals surface area contributed by atoms with Crippen LogP contribution in [0.3, 0.4) is 0 Å². The van der Waals surface area contributed by atoms with Crippen molar-refractivity contribution in [1.29, 1.82) is 0 Å². The van der Waals surface area contributed by atoms with E-state index in [-0.39, 0.29) is 24.8 Å². The maximum Gasteiger partial charge on any atom is 0.333 e. The third-order valence-electron chi connectivity index (χ3n) is 3.22. The van der Waals surface area contributed by atoms with Gasteiger partial charge in [0.05, 0.1) is 11.0 Å². The molecular formula is C12H18O6. The van der Waals surface area contributed by atoms with Crippen LogP contribution in [-0.2, 0) is 14.4 Å². The second-order valence-electron chi connectivity index (χ2n) is 3.91. The molecule has 0 saturated carbocycles. The van der Waals surface area contributed by atoms with Crippen LogP contribution in [0.25, 0.3) is 0 Å². The van der Waals surface area contributed by atoms with Crippen LogP contribution in [-0.4, -0.2) is 33.2 Å². The Balaban J connectivity index is 6.27. The molecule has 0 heterocycles. The van der Waals surface area contributed by atoms with Gasteiger partial charge < -0.3 is 15.3 Å². The summed E-state index contributed by atoms with van der Waals surface area (Å²) in [7, 11) is 0. The molecule has 3 N–H and O–H groups in total. The van der Waals surface area contributed by atoms with Gasteiger partial charge in [0.1, 0.15) is 0 Å². The van der Waals surface area contributed by atoms with E-state index in [1.54, 1.807) is 0 Å². The predicted molar refractivity (Wildman–Crippen MR) is 63.2 cm³/mol. The van der Waals surface area contributed by atoms with E-state index < -0.39 is 28.9 Å². The van der Waals surface area contributed by atoms with Gasteiger partial charge >= 0.3 is 17.9 Å². The first-order chi connectivity index (χ1) is 8.28. The van der Waals surface area contributed by atoms with E-state index in [0.29, 0.717) is 0 Å². The monoisotopic (exact) mass is 258 g/mol. The van der Waals surface area contributed by atoms with E-state index in [4.69, 9.17) is 5.11 Å². The second-order valence-corrected chi connectivity index (χ2v) is 3.91.